The van der Waals surface area contributed by atoms with Crippen molar-refractivity contribution in [2.75, 3.05) is 17.2 Å². The zero-order chi connectivity index (χ0) is 20.8. The number of rotatable bonds is 6. The van der Waals surface area contributed by atoms with Crippen LogP contribution in [0.15, 0.2) is 97.1 Å². The van der Waals surface area contributed by atoms with Gasteiger partial charge < -0.3 is 15.4 Å². The van der Waals surface area contributed by atoms with Crippen molar-refractivity contribution in [3.63, 3.8) is 0 Å². The van der Waals surface area contributed by atoms with Crippen molar-refractivity contribution in [1.82, 2.24) is 0 Å². The Bertz CT molecular complexity index is 1180. The normalized spacial score (nSPS) is 10.4. The third-order valence-corrected chi connectivity index (χ3v) is 4.59. The zero-order valence-electron chi connectivity index (χ0n) is 16.2. The van der Waals surface area contributed by atoms with E-state index in [1.54, 1.807) is 36.4 Å². The Kier molecular flexibility index (Phi) is 5.71. The smallest absolute Gasteiger partial charge is 0.262 e. The first-order valence-electron chi connectivity index (χ1n) is 9.56. The standard InChI is InChI=1S/C25H20N2O3/c28-24(17-30-23-16-8-10-18-9-4-5-13-20(18)23)27-22-15-7-6-14-21(22)25(29)26-19-11-2-1-3-12-19/h1-16H,17H2,(H,26,29)(H,27,28). The van der Waals surface area contributed by atoms with Crippen LogP contribution < -0.4 is 15.4 Å². The predicted octanol–water partition coefficient (Wildman–Crippen LogP) is 5.11. The first-order chi connectivity index (χ1) is 14.7. The number of carbonyl (C=O) groups excluding carboxylic acids is 2. The second-order valence-electron chi connectivity index (χ2n) is 6.68. The lowest BCUT2D eigenvalue weighted by molar-refractivity contribution is -0.118. The molecule has 4 aromatic carbocycles. The average molecular weight is 396 g/mol. The minimum absolute atomic E-state index is 0.164. The Balaban J connectivity index is 1.44. The van der Waals surface area contributed by atoms with Crippen molar-refractivity contribution in [3.8, 4) is 5.75 Å². The Morgan fingerprint density at radius 3 is 2.27 bits per heavy atom. The van der Waals surface area contributed by atoms with Crippen LogP contribution in [0.4, 0.5) is 11.4 Å². The van der Waals surface area contributed by atoms with E-state index in [2.05, 4.69) is 10.6 Å². The molecule has 2 N–H and O–H groups in total. The molecule has 0 saturated heterocycles. The quantitative estimate of drug-likeness (QED) is 0.476. The first kappa shape index (κ1) is 19.2. The second-order valence-corrected chi connectivity index (χ2v) is 6.68. The number of hydrogen-bond donors (Lipinski definition) is 2. The van der Waals surface area contributed by atoms with Crippen LogP contribution in [0.3, 0.4) is 0 Å². The number of fused-ring (bicyclic) bond motifs is 1. The second kappa shape index (κ2) is 8.92. The molecule has 148 valence electrons. The lowest BCUT2D eigenvalue weighted by atomic mass is 10.1. The Labute approximate surface area is 174 Å². The molecule has 0 saturated carbocycles. The lowest BCUT2D eigenvalue weighted by Crippen LogP contribution is -2.22. The van der Waals surface area contributed by atoms with Crippen molar-refractivity contribution in [3.05, 3.63) is 103 Å². The molecule has 30 heavy (non-hydrogen) atoms. The topological polar surface area (TPSA) is 67.4 Å². The van der Waals surface area contributed by atoms with Gasteiger partial charge in [-0.25, -0.2) is 0 Å². The maximum absolute atomic E-state index is 12.6. The molecular weight excluding hydrogens is 376 g/mol. The molecule has 0 radical (unpaired) electrons. The number of anilines is 2. The van der Waals surface area contributed by atoms with Gasteiger partial charge in [-0.05, 0) is 35.7 Å². The fourth-order valence-electron chi connectivity index (χ4n) is 3.16. The molecule has 0 unspecified atom stereocenters. The van der Waals surface area contributed by atoms with Gasteiger partial charge in [-0.1, -0.05) is 66.7 Å². The first-order valence-corrected chi connectivity index (χ1v) is 9.56. The minimum Gasteiger partial charge on any atom is -0.483 e. The molecule has 0 bridgehead atoms. The van der Waals surface area contributed by atoms with Gasteiger partial charge in [0.15, 0.2) is 6.61 Å². The molecule has 0 aliphatic carbocycles. The van der Waals surface area contributed by atoms with Gasteiger partial charge in [0.1, 0.15) is 5.75 Å². The number of para-hydroxylation sites is 2. The van der Waals surface area contributed by atoms with Crippen molar-refractivity contribution in [2.45, 2.75) is 0 Å². The third kappa shape index (κ3) is 4.47. The highest BCUT2D eigenvalue weighted by molar-refractivity contribution is 6.10. The molecule has 5 heteroatoms. The molecule has 4 rings (SSSR count). The molecular formula is C25H20N2O3. The van der Waals surface area contributed by atoms with Crippen LogP contribution in [0.1, 0.15) is 10.4 Å². The summed E-state index contributed by atoms with van der Waals surface area (Å²) in [6.45, 7) is -0.164. The highest BCUT2D eigenvalue weighted by Crippen LogP contribution is 2.25. The predicted molar refractivity (Wildman–Crippen MR) is 119 cm³/mol. The molecule has 0 aromatic heterocycles. The minimum atomic E-state index is -0.345. The van der Waals surface area contributed by atoms with Crippen molar-refractivity contribution >= 4 is 34.0 Å². The van der Waals surface area contributed by atoms with E-state index in [0.29, 0.717) is 22.7 Å². The van der Waals surface area contributed by atoms with E-state index in [-0.39, 0.29) is 18.4 Å². The number of carbonyl (C=O) groups is 2. The molecule has 0 atom stereocenters. The van der Waals surface area contributed by atoms with Gasteiger partial charge in [0, 0.05) is 11.1 Å². The SMILES string of the molecule is O=C(COc1cccc2ccccc12)Nc1ccccc1C(=O)Nc1ccccc1. The van der Waals surface area contributed by atoms with Crippen LogP contribution in [0.5, 0.6) is 5.75 Å². The fourth-order valence-corrected chi connectivity index (χ4v) is 3.16. The van der Waals surface area contributed by atoms with E-state index in [9.17, 15) is 9.59 Å². The molecule has 0 fully saturated rings. The van der Waals surface area contributed by atoms with Crippen molar-refractivity contribution in [2.24, 2.45) is 0 Å². The summed E-state index contributed by atoms with van der Waals surface area (Å²) in [5.74, 6) is -0.00618. The lowest BCUT2D eigenvalue weighted by Gasteiger charge is -2.13. The summed E-state index contributed by atoms with van der Waals surface area (Å²) in [6, 6.07) is 29.6. The number of hydrogen-bond acceptors (Lipinski definition) is 3. The molecule has 0 aliphatic rings. The third-order valence-electron chi connectivity index (χ3n) is 4.59. The maximum Gasteiger partial charge on any atom is 0.262 e. The van der Waals surface area contributed by atoms with Gasteiger partial charge in [0.25, 0.3) is 11.8 Å². The zero-order valence-corrected chi connectivity index (χ0v) is 16.2. The molecule has 0 spiro atoms. The van der Waals surface area contributed by atoms with Crippen LogP contribution >= 0.6 is 0 Å². The largest absolute Gasteiger partial charge is 0.483 e. The summed E-state index contributed by atoms with van der Waals surface area (Å²) in [5, 5.41) is 7.58. The molecule has 2 amide bonds. The van der Waals surface area contributed by atoms with Crippen LogP contribution in [-0.2, 0) is 4.79 Å². The highest BCUT2D eigenvalue weighted by Gasteiger charge is 2.14. The Morgan fingerprint density at radius 1 is 0.700 bits per heavy atom. The maximum atomic E-state index is 12.6. The van der Waals surface area contributed by atoms with E-state index in [4.69, 9.17) is 4.74 Å². The van der Waals surface area contributed by atoms with Gasteiger partial charge in [-0.2, -0.15) is 0 Å². The van der Waals surface area contributed by atoms with Gasteiger partial charge >= 0.3 is 0 Å². The Hall–Kier alpha value is -4.12. The number of nitrogens with one attached hydrogen (secondary N) is 2. The molecule has 0 aliphatic heterocycles. The van der Waals surface area contributed by atoms with E-state index in [1.807, 2.05) is 60.7 Å². The molecule has 4 aromatic rings. The van der Waals surface area contributed by atoms with Crippen LogP contribution in [-0.4, -0.2) is 18.4 Å². The number of benzene rings is 4. The van der Waals surface area contributed by atoms with Gasteiger partial charge in [-0.3, -0.25) is 9.59 Å². The van der Waals surface area contributed by atoms with Crippen molar-refractivity contribution in [1.29, 1.82) is 0 Å². The van der Waals surface area contributed by atoms with Crippen molar-refractivity contribution < 1.29 is 14.3 Å². The van der Waals surface area contributed by atoms with Gasteiger partial charge in [-0.15, -0.1) is 0 Å². The van der Waals surface area contributed by atoms with Gasteiger partial charge in [0.05, 0.1) is 11.3 Å². The van der Waals surface area contributed by atoms with Gasteiger partial charge in [0.2, 0.25) is 0 Å². The molecule has 5 nitrogen and oxygen atoms in total. The summed E-state index contributed by atoms with van der Waals surface area (Å²) >= 11 is 0. The highest BCUT2D eigenvalue weighted by atomic mass is 16.5. The fraction of sp³-hybridized carbons (Fsp3) is 0.0400. The summed E-state index contributed by atoms with van der Waals surface area (Å²) in [5.41, 5.74) is 1.49. The summed E-state index contributed by atoms with van der Waals surface area (Å²) in [6.07, 6.45) is 0. The monoisotopic (exact) mass is 396 g/mol. The van der Waals surface area contributed by atoms with Crippen LogP contribution in [0, 0.1) is 0 Å². The molecule has 0 heterocycles. The average Bonchev–Trinajstić information content (AvgIpc) is 2.78. The van der Waals surface area contributed by atoms with E-state index in [1.165, 1.54) is 0 Å². The summed E-state index contributed by atoms with van der Waals surface area (Å²) in [7, 11) is 0. The number of amides is 2. The Morgan fingerprint density at radius 2 is 1.40 bits per heavy atom. The van der Waals surface area contributed by atoms with E-state index < -0.39 is 0 Å². The summed E-state index contributed by atoms with van der Waals surface area (Å²) in [4.78, 5) is 25.1. The van der Waals surface area contributed by atoms with E-state index >= 15 is 0 Å². The van der Waals surface area contributed by atoms with E-state index in [0.717, 1.165) is 10.8 Å². The number of ether oxygens (including phenoxy) is 1. The van der Waals surface area contributed by atoms with Crippen LogP contribution in [0.2, 0.25) is 0 Å². The summed E-state index contributed by atoms with van der Waals surface area (Å²) < 4.78 is 5.74. The van der Waals surface area contributed by atoms with Crippen LogP contribution in [0.25, 0.3) is 10.8 Å².